The summed E-state index contributed by atoms with van der Waals surface area (Å²) in [5.41, 5.74) is 5.97. The number of carbonyl (C=O) groups excluding carboxylic acids is 2. The molecule has 0 aliphatic heterocycles. The summed E-state index contributed by atoms with van der Waals surface area (Å²) in [5, 5.41) is 19.1. The number of hydrogen-bond donors (Lipinski definition) is 3. The molecule has 0 fully saturated rings. The number of aromatic amines is 2. The van der Waals surface area contributed by atoms with Gasteiger partial charge in [0.15, 0.2) is 0 Å². The summed E-state index contributed by atoms with van der Waals surface area (Å²) in [6.07, 6.45) is 4.46. The molecule has 0 aliphatic carbocycles. The molecule has 0 saturated heterocycles. The molecule has 35 heavy (non-hydrogen) atoms. The van der Waals surface area contributed by atoms with Crippen molar-refractivity contribution in [2.24, 2.45) is 0 Å². The SMILES string of the molecule is CCOC(=O)/C(C#N)=C/c1[nH]c(Cc2[nH]c(C(=O)O)c(C)c2CCCOC(C)=O)c(CC)c1CC. The molecule has 2 aromatic rings. The van der Waals surface area contributed by atoms with Gasteiger partial charge in [0.05, 0.1) is 13.2 Å². The molecule has 2 heterocycles. The Labute approximate surface area is 205 Å². The average Bonchev–Trinajstić information content (AvgIpc) is 3.31. The van der Waals surface area contributed by atoms with Gasteiger partial charge in [0.2, 0.25) is 0 Å². The van der Waals surface area contributed by atoms with E-state index in [0.29, 0.717) is 36.9 Å². The van der Waals surface area contributed by atoms with Crippen molar-refractivity contribution in [3.63, 3.8) is 0 Å². The summed E-state index contributed by atoms with van der Waals surface area (Å²) in [7, 11) is 0. The maximum Gasteiger partial charge on any atom is 0.352 e. The van der Waals surface area contributed by atoms with Crippen molar-refractivity contribution >= 4 is 24.0 Å². The van der Waals surface area contributed by atoms with Crippen molar-refractivity contribution in [3.8, 4) is 6.07 Å². The highest BCUT2D eigenvalue weighted by atomic mass is 16.5. The molecule has 2 rings (SSSR count). The van der Waals surface area contributed by atoms with Crippen LogP contribution in [0.5, 0.6) is 0 Å². The number of H-pyrrole nitrogens is 2. The smallest absolute Gasteiger partial charge is 0.352 e. The molecular formula is C26H33N3O6. The van der Waals surface area contributed by atoms with E-state index in [1.54, 1.807) is 13.8 Å². The topological polar surface area (TPSA) is 145 Å². The van der Waals surface area contributed by atoms with Crippen LogP contribution in [-0.4, -0.2) is 46.2 Å². The van der Waals surface area contributed by atoms with Gasteiger partial charge in [-0.2, -0.15) is 5.26 Å². The van der Waals surface area contributed by atoms with Crippen LogP contribution in [0.25, 0.3) is 6.08 Å². The summed E-state index contributed by atoms with van der Waals surface area (Å²) >= 11 is 0. The number of rotatable bonds is 12. The average molecular weight is 484 g/mol. The Hall–Kier alpha value is -3.80. The number of hydrogen-bond acceptors (Lipinski definition) is 6. The molecule has 9 nitrogen and oxygen atoms in total. The van der Waals surface area contributed by atoms with Gasteiger partial charge in [0.1, 0.15) is 17.3 Å². The Morgan fingerprint density at radius 2 is 1.69 bits per heavy atom. The van der Waals surface area contributed by atoms with Crippen LogP contribution in [0.3, 0.4) is 0 Å². The maximum absolute atomic E-state index is 12.1. The monoisotopic (exact) mass is 483 g/mol. The second-order valence-corrected chi connectivity index (χ2v) is 8.08. The number of nitrogens with zero attached hydrogens (tertiary/aromatic N) is 1. The van der Waals surface area contributed by atoms with Crippen LogP contribution in [0.1, 0.15) is 83.9 Å². The van der Waals surface area contributed by atoms with Crippen LogP contribution in [-0.2, 0) is 44.7 Å². The summed E-state index contributed by atoms with van der Waals surface area (Å²) in [6, 6.07) is 1.91. The molecule has 0 spiro atoms. The summed E-state index contributed by atoms with van der Waals surface area (Å²) in [4.78, 5) is 41.4. The number of esters is 2. The van der Waals surface area contributed by atoms with Gasteiger partial charge in [-0.1, -0.05) is 13.8 Å². The molecule has 0 radical (unpaired) electrons. The van der Waals surface area contributed by atoms with E-state index >= 15 is 0 Å². The fraction of sp³-hybridized carbons (Fsp3) is 0.462. The van der Waals surface area contributed by atoms with Crippen molar-refractivity contribution in [2.75, 3.05) is 13.2 Å². The third-order valence-electron chi connectivity index (χ3n) is 5.86. The molecule has 0 amide bonds. The predicted octanol–water partition coefficient (Wildman–Crippen LogP) is 4.03. The van der Waals surface area contributed by atoms with Crippen LogP contribution in [0, 0.1) is 18.3 Å². The number of carboxylic acid groups (broad SMARTS) is 1. The van der Waals surface area contributed by atoms with E-state index in [-0.39, 0.29) is 30.5 Å². The van der Waals surface area contributed by atoms with Gasteiger partial charge in [-0.3, -0.25) is 4.79 Å². The van der Waals surface area contributed by atoms with Crippen LogP contribution in [0.4, 0.5) is 0 Å². The van der Waals surface area contributed by atoms with Crippen molar-refractivity contribution in [3.05, 3.63) is 50.6 Å². The quantitative estimate of drug-likeness (QED) is 0.179. The van der Waals surface area contributed by atoms with Crippen LogP contribution in [0.2, 0.25) is 0 Å². The first-order valence-corrected chi connectivity index (χ1v) is 11.8. The van der Waals surface area contributed by atoms with Gasteiger partial charge in [0, 0.05) is 30.4 Å². The normalized spacial score (nSPS) is 11.3. The minimum atomic E-state index is -1.04. The van der Waals surface area contributed by atoms with Gasteiger partial charge in [-0.25, -0.2) is 9.59 Å². The summed E-state index contributed by atoms with van der Waals surface area (Å²) in [5.74, 6) is -2.07. The first-order chi connectivity index (χ1) is 16.7. The largest absolute Gasteiger partial charge is 0.477 e. The molecule has 0 bridgehead atoms. The van der Waals surface area contributed by atoms with Crippen LogP contribution in [0.15, 0.2) is 5.57 Å². The second kappa shape index (κ2) is 12.6. The molecule has 0 aliphatic rings. The number of carbonyl (C=O) groups is 3. The maximum atomic E-state index is 12.1. The molecule has 0 saturated carbocycles. The Morgan fingerprint density at radius 1 is 1.03 bits per heavy atom. The molecule has 0 unspecified atom stereocenters. The molecule has 0 atom stereocenters. The van der Waals surface area contributed by atoms with Gasteiger partial charge in [-0.05, 0) is 67.9 Å². The zero-order chi connectivity index (χ0) is 26.1. The van der Waals surface area contributed by atoms with E-state index in [1.807, 2.05) is 19.9 Å². The Balaban J connectivity index is 2.49. The molecule has 3 N–H and O–H groups in total. The standard InChI is InChI=1S/C26H33N3O6/c1-6-18-19(7-2)22(28-21(18)12-17(14-27)26(33)34-8-3)13-23-20(10-9-11-35-16(5)30)15(4)24(29-23)25(31)32/h12,28-29H,6-11,13H2,1-5H3,(H,31,32)/b17-12+. The van der Waals surface area contributed by atoms with Crippen molar-refractivity contribution in [1.82, 2.24) is 9.97 Å². The van der Waals surface area contributed by atoms with E-state index in [9.17, 15) is 24.8 Å². The fourth-order valence-electron chi connectivity index (χ4n) is 4.29. The zero-order valence-electron chi connectivity index (χ0n) is 21.0. The van der Waals surface area contributed by atoms with Gasteiger partial charge >= 0.3 is 17.9 Å². The second-order valence-electron chi connectivity index (χ2n) is 8.08. The van der Waals surface area contributed by atoms with Crippen molar-refractivity contribution in [1.29, 1.82) is 5.26 Å². The number of nitrogens with one attached hydrogen (secondary N) is 2. The third kappa shape index (κ3) is 6.63. The van der Waals surface area contributed by atoms with Crippen molar-refractivity contribution < 1.29 is 29.0 Å². The fourth-order valence-corrected chi connectivity index (χ4v) is 4.29. The first kappa shape index (κ1) is 27.4. The summed E-state index contributed by atoms with van der Waals surface area (Å²) < 4.78 is 10.0. The minimum absolute atomic E-state index is 0.0907. The van der Waals surface area contributed by atoms with E-state index < -0.39 is 11.9 Å². The highest BCUT2D eigenvalue weighted by Gasteiger charge is 2.22. The Kier molecular flexibility index (Phi) is 9.88. The van der Waals surface area contributed by atoms with Gasteiger partial charge < -0.3 is 24.5 Å². The van der Waals surface area contributed by atoms with Crippen molar-refractivity contribution in [2.45, 2.75) is 66.7 Å². The van der Waals surface area contributed by atoms with E-state index in [1.165, 1.54) is 13.0 Å². The molecular weight excluding hydrogens is 450 g/mol. The Morgan fingerprint density at radius 3 is 2.23 bits per heavy atom. The number of aromatic carboxylic acids is 1. The summed E-state index contributed by atoms with van der Waals surface area (Å²) in [6.45, 7) is 9.26. The van der Waals surface area contributed by atoms with E-state index in [2.05, 4.69) is 9.97 Å². The van der Waals surface area contributed by atoms with Crippen LogP contribution < -0.4 is 0 Å². The van der Waals surface area contributed by atoms with E-state index in [0.717, 1.165) is 34.5 Å². The molecule has 188 valence electrons. The minimum Gasteiger partial charge on any atom is -0.477 e. The molecule has 9 heteroatoms. The van der Waals surface area contributed by atoms with Gasteiger partial charge in [-0.15, -0.1) is 0 Å². The number of nitriles is 1. The number of aromatic nitrogens is 2. The lowest BCUT2D eigenvalue weighted by atomic mass is 9.98. The number of ether oxygens (including phenoxy) is 2. The lowest BCUT2D eigenvalue weighted by molar-refractivity contribution is -0.141. The zero-order valence-corrected chi connectivity index (χ0v) is 21.0. The highest BCUT2D eigenvalue weighted by Crippen LogP contribution is 2.28. The molecule has 0 aromatic carbocycles. The Bertz CT molecular complexity index is 1160. The lowest BCUT2D eigenvalue weighted by Crippen LogP contribution is -2.06. The van der Waals surface area contributed by atoms with Crippen LogP contribution >= 0.6 is 0 Å². The predicted molar refractivity (Wildman–Crippen MR) is 130 cm³/mol. The molecule has 2 aromatic heterocycles. The van der Waals surface area contributed by atoms with Gasteiger partial charge in [0.25, 0.3) is 0 Å². The lowest BCUT2D eigenvalue weighted by Gasteiger charge is -2.08. The third-order valence-corrected chi connectivity index (χ3v) is 5.86. The highest BCUT2D eigenvalue weighted by molar-refractivity contribution is 5.98. The van der Waals surface area contributed by atoms with E-state index in [4.69, 9.17) is 9.47 Å². The first-order valence-electron chi connectivity index (χ1n) is 11.8. The number of carboxylic acids is 1.